The lowest BCUT2D eigenvalue weighted by Crippen LogP contribution is -3.13. The largest absolute Gasteiger partial charge is 0.329 e. The first-order chi connectivity index (χ1) is 12.0. The molecule has 1 N–H and O–H groups in total. The summed E-state index contributed by atoms with van der Waals surface area (Å²) in [4.78, 5) is 1.73. The number of benzene rings is 2. The summed E-state index contributed by atoms with van der Waals surface area (Å²) in [5.74, 6) is 0. The van der Waals surface area contributed by atoms with E-state index in [1.54, 1.807) is 16.4 Å². The Morgan fingerprint density at radius 2 is 1.64 bits per heavy atom. The molecular weight excluding hydrogens is 334 g/mol. The maximum Gasteiger partial charge on any atom is 0.243 e. The molecule has 1 aliphatic rings. The molecule has 0 unspecified atom stereocenters. The van der Waals surface area contributed by atoms with Crippen molar-refractivity contribution < 1.29 is 13.3 Å². The number of piperazine rings is 1. The third-order valence-electron chi connectivity index (χ3n) is 4.63. The predicted octanol–water partition coefficient (Wildman–Crippen LogP) is 0.956. The molecule has 0 aliphatic carbocycles. The minimum atomic E-state index is -3.40. The Morgan fingerprint density at radius 1 is 1.04 bits per heavy atom. The molecule has 2 aromatic carbocycles. The van der Waals surface area contributed by atoms with Crippen molar-refractivity contribution in [3.05, 3.63) is 65.2 Å². The molecule has 0 amide bonds. The lowest BCUT2D eigenvalue weighted by molar-refractivity contribution is -0.917. The fourth-order valence-electron chi connectivity index (χ4n) is 3.06. The van der Waals surface area contributed by atoms with Gasteiger partial charge in [0.1, 0.15) is 6.54 Å². The third-order valence-corrected chi connectivity index (χ3v) is 6.54. The van der Waals surface area contributed by atoms with Crippen molar-refractivity contribution >= 4 is 10.0 Å². The number of quaternary nitrogens is 1. The molecule has 0 saturated carbocycles. The highest BCUT2D eigenvalue weighted by atomic mass is 32.2. The topological polar surface area (TPSA) is 65.6 Å². The molecule has 0 atom stereocenters. The van der Waals surface area contributed by atoms with Gasteiger partial charge in [0.2, 0.25) is 10.0 Å². The van der Waals surface area contributed by atoms with Crippen LogP contribution in [0.1, 0.15) is 16.7 Å². The van der Waals surface area contributed by atoms with Crippen molar-refractivity contribution in [1.29, 1.82) is 5.26 Å². The van der Waals surface area contributed by atoms with Crippen LogP contribution in [-0.2, 0) is 16.6 Å². The van der Waals surface area contributed by atoms with E-state index in [4.69, 9.17) is 5.26 Å². The minimum Gasteiger partial charge on any atom is -0.329 e. The van der Waals surface area contributed by atoms with Gasteiger partial charge in [-0.2, -0.15) is 9.57 Å². The van der Waals surface area contributed by atoms with Gasteiger partial charge in [-0.15, -0.1) is 0 Å². The number of aryl methyl sites for hydroxylation is 1. The fourth-order valence-corrected chi connectivity index (χ4v) is 4.51. The highest BCUT2D eigenvalue weighted by Gasteiger charge is 2.30. The first-order valence-electron chi connectivity index (χ1n) is 8.38. The van der Waals surface area contributed by atoms with Crippen molar-refractivity contribution in [2.45, 2.75) is 18.4 Å². The molecule has 130 valence electrons. The third kappa shape index (κ3) is 4.07. The Morgan fingerprint density at radius 3 is 2.20 bits per heavy atom. The van der Waals surface area contributed by atoms with Crippen LogP contribution in [0, 0.1) is 18.3 Å². The molecule has 0 spiro atoms. The SMILES string of the molecule is Cc1ccc(S(=O)(=O)N2CC[NH+](Cc3ccc(C#N)cc3)CC2)cc1. The lowest BCUT2D eigenvalue weighted by Gasteiger charge is -2.31. The van der Waals surface area contributed by atoms with Crippen LogP contribution >= 0.6 is 0 Å². The van der Waals surface area contributed by atoms with Crippen molar-refractivity contribution in [3.63, 3.8) is 0 Å². The van der Waals surface area contributed by atoms with Gasteiger partial charge in [-0.05, 0) is 31.2 Å². The van der Waals surface area contributed by atoms with Gasteiger partial charge in [-0.3, -0.25) is 0 Å². The summed E-state index contributed by atoms with van der Waals surface area (Å²) in [7, 11) is -3.40. The van der Waals surface area contributed by atoms with Gasteiger partial charge in [-0.25, -0.2) is 8.42 Å². The molecule has 6 heteroatoms. The van der Waals surface area contributed by atoms with Crippen LogP contribution in [-0.4, -0.2) is 38.9 Å². The lowest BCUT2D eigenvalue weighted by atomic mass is 10.1. The van der Waals surface area contributed by atoms with Crippen LogP contribution < -0.4 is 4.90 Å². The zero-order valence-electron chi connectivity index (χ0n) is 14.3. The Hall–Kier alpha value is -2.20. The number of hydrogen-bond acceptors (Lipinski definition) is 3. The molecular formula is C19H22N3O2S+. The van der Waals surface area contributed by atoms with Gasteiger partial charge in [0.25, 0.3) is 0 Å². The van der Waals surface area contributed by atoms with E-state index in [9.17, 15) is 8.42 Å². The molecule has 0 aromatic heterocycles. The summed E-state index contributed by atoms with van der Waals surface area (Å²) in [6.07, 6.45) is 0. The molecule has 0 bridgehead atoms. The van der Waals surface area contributed by atoms with Gasteiger partial charge >= 0.3 is 0 Å². The van der Waals surface area contributed by atoms with Gasteiger partial charge < -0.3 is 4.90 Å². The van der Waals surface area contributed by atoms with Crippen LogP contribution in [0.25, 0.3) is 0 Å². The molecule has 1 aliphatic heterocycles. The highest BCUT2D eigenvalue weighted by molar-refractivity contribution is 7.89. The van der Waals surface area contributed by atoms with Crippen LogP contribution in [0.15, 0.2) is 53.4 Å². The average molecular weight is 356 g/mol. The monoisotopic (exact) mass is 356 g/mol. The molecule has 25 heavy (non-hydrogen) atoms. The van der Waals surface area contributed by atoms with Crippen LogP contribution in [0.5, 0.6) is 0 Å². The molecule has 0 radical (unpaired) electrons. The van der Waals surface area contributed by atoms with Crippen LogP contribution in [0.4, 0.5) is 0 Å². The molecule has 3 rings (SSSR count). The number of hydrogen-bond donors (Lipinski definition) is 1. The smallest absolute Gasteiger partial charge is 0.243 e. The summed E-state index contributed by atoms with van der Waals surface area (Å²) in [6.45, 7) is 5.42. The summed E-state index contributed by atoms with van der Waals surface area (Å²) >= 11 is 0. The van der Waals surface area contributed by atoms with Crippen molar-refractivity contribution in [2.24, 2.45) is 0 Å². The van der Waals surface area contributed by atoms with Gasteiger partial charge in [-0.1, -0.05) is 29.8 Å². The summed E-state index contributed by atoms with van der Waals surface area (Å²) in [5, 5.41) is 8.85. The highest BCUT2D eigenvalue weighted by Crippen LogP contribution is 2.16. The molecule has 1 fully saturated rings. The van der Waals surface area contributed by atoms with E-state index < -0.39 is 10.0 Å². The van der Waals surface area contributed by atoms with E-state index in [1.165, 1.54) is 10.5 Å². The summed E-state index contributed by atoms with van der Waals surface area (Å²) < 4.78 is 27.0. The van der Waals surface area contributed by atoms with E-state index in [2.05, 4.69) is 6.07 Å². The zero-order valence-corrected chi connectivity index (χ0v) is 15.1. The molecule has 5 nitrogen and oxygen atoms in total. The number of nitriles is 1. The average Bonchev–Trinajstić information content (AvgIpc) is 2.63. The molecule has 2 aromatic rings. The van der Waals surface area contributed by atoms with Crippen molar-refractivity contribution in [3.8, 4) is 6.07 Å². The zero-order chi connectivity index (χ0) is 17.9. The number of sulfonamides is 1. The quantitative estimate of drug-likeness (QED) is 0.887. The van der Waals surface area contributed by atoms with E-state index in [1.807, 2.05) is 43.3 Å². The van der Waals surface area contributed by atoms with Gasteiger partial charge in [0.15, 0.2) is 0 Å². The first kappa shape index (κ1) is 17.6. The van der Waals surface area contributed by atoms with E-state index >= 15 is 0 Å². The van der Waals surface area contributed by atoms with Crippen molar-refractivity contribution in [2.75, 3.05) is 26.2 Å². The normalized spacial score (nSPS) is 16.5. The summed E-state index contributed by atoms with van der Waals surface area (Å²) in [6, 6.07) is 16.7. The summed E-state index contributed by atoms with van der Waals surface area (Å²) in [5.41, 5.74) is 2.88. The predicted molar refractivity (Wildman–Crippen MR) is 95.5 cm³/mol. The van der Waals surface area contributed by atoms with Gasteiger partial charge in [0, 0.05) is 5.56 Å². The Balaban J connectivity index is 1.61. The second kappa shape index (κ2) is 7.36. The standard InChI is InChI=1S/C19H21N3O2S/c1-16-2-8-19(9-3-16)25(23,24)22-12-10-21(11-13-22)15-18-6-4-17(14-20)5-7-18/h2-9H,10-13,15H2,1H3/p+1. The Kier molecular flexibility index (Phi) is 5.19. The molecule has 1 heterocycles. The van der Waals surface area contributed by atoms with Crippen LogP contribution in [0.2, 0.25) is 0 Å². The van der Waals surface area contributed by atoms with E-state index in [0.29, 0.717) is 23.5 Å². The second-order valence-electron chi connectivity index (χ2n) is 6.45. The maximum absolute atomic E-state index is 12.7. The first-order valence-corrected chi connectivity index (χ1v) is 9.82. The van der Waals surface area contributed by atoms with Crippen molar-refractivity contribution in [1.82, 2.24) is 4.31 Å². The number of nitrogens with one attached hydrogen (secondary N) is 1. The second-order valence-corrected chi connectivity index (χ2v) is 8.39. The maximum atomic E-state index is 12.7. The van der Waals surface area contributed by atoms with E-state index in [0.717, 1.165) is 25.2 Å². The number of rotatable bonds is 4. The minimum absolute atomic E-state index is 0.369. The molecule has 1 saturated heterocycles. The van der Waals surface area contributed by atoms with Crippen LogP contribution in [0.3, 0.4) is 0 Å². The fraction of sp³-hybridized carbons (Fsp3) is 0.316. The Bertz CT molecular complexity index is 860. The number of nitrogens with zero attached hydrogens (tertiary/aromatic N) is 2. The van der Waals surface area contributed by atoms with Gasteiger partial charge in [0.05, 0.1) is 42.7 Å². The Labute approximate surface area is 149 Å². The van der Waals surface area contributed by atoms with E-state index in [-0.39, 0.29) is 0 Å².